The predicted octanol–water partition coefficient (Wildman–Crippen LogP) is 3.10. The lowest BCUT2D eigenvalue weighted by molar-refractivity contribution is -0.144. The number of carbonyl (C=O) groups is 2. The molecule has 1 N–H and O–H groups in total. The molecule has 110 valence electrons. The zero-order valence-electron chi connectivity index (χ0n) is 12.0. The molecule has 0 radical (unpaired) electrons. The number of hydrogen-bond acceptors (Lipinski definition) is 4. The van der Waals surface area contributed by atoms with E-state index in [1.54, 1.807) is 13.8 Å². The van der Waals surface area contributed by atoms with E-state index in [4.69, 9.17) is 4.74 Å². The van der Waals surface area contributed by atoms with Gasteiger partial charge in [0.05, 0.1) is 11.5 Å². The number of carbonyl (C=O) groups excluding carboxylic acids is 2. The van der Waals surface area contributed by atoms with Gasteiger partial charge in [-0.05, 0) is 30.9 Å². The molecule has 1 aromatic heterocycles. The van der Waals surface area contributed by atoms with Crippen molar-refractivity contribution in [2.45, 2.75) is 19.9 Å². The number of nitrogens with one attached hydrogen (secondary N) is 1. The van der Waals surface area contributed by atoms with Crippen LogP contribution in [-0.2, 0) is 9.53 Å². The second kappa shape index (κ2) is 7.04. The van der Waals surface area contributed by atoms with Gasteiger partial charge < -0.3 is 10.1 Å². The van der Waals surface area contributed by atoms with Crippen LogP contribution in [0.15, 0.2) is 41.8 Å². The average Bonchev–Trinajstić information content (AvgIpc) is 2.98. The summed E-state index contributed by atoms with van der Waals surface area (Å²) < 4.78 is 4.89. The molecule has 1 atom stereocenters. The fraction of sp³-hybridized carbons (Fsp3) is 0.250. The number of esters is 1. The third kappa shape index (κ3) is 3.70. The van der Waals surface area contributed by atoms with Gasteiger partial charge in [-0.2, -0.15) is 0 Å². The van der Waals surface area contributed by atoms with Gasteiger partial charge >= 0.3 is 5.97 Å². The van der Waals surface area contributed by atoms with E-state index in [0.29, 0.717) is 11.5 Å². The van der Waals surface area contributed by atoms with Crippen molar-refractivity contribution in [3.8, 4) is 11.1 Å². The minimum atomic E-state index is -0.664. The molecule has 1 aromatic carbocycles. The second-order valence-corrected chi connectivity index (χ2v) is 5.39. The summed E-state index contributed by atoms with van der Waals surface area (Å²) in [5.41, 5.74) is 1.85. The van der Waals surface area contributed by atoms with Crippen molar-refractivity contribution in [3.05, 3.63) is 46.7 Å². The first-order chi connectivity index (χ1) is 10.1. The molecule has 0 saturated heterocycles. The lowest BCUT2D eigenvalue weighted by Gasteiger charge is -2.12. The van der Waals surface area contributed by atoms with Crippen LogP contribution < -0.4 is 5.32 Å². The minimum Gasteiger partial charge on any atom is -0.464 e. The van der Waals surface area contributed by atoms with Crippen molar-refractivity contribution in [2.75, 3.05) is 6.61 Å². The molecular weight excluding hydrogens is 286 g/mol. The summed E-state index contributed by atoms with van der Waals surface area (Å²) >= 11 is 1.36. The summed E-state index contributed by atoms with van der Waals surface area (Å²) in [4.78, 5) is 24.5. The molecule has 0 bridgehead atoms. The topological polar surface area (TPSA) is 55.4 Å². The quantitative estimate of drug-likeness (QED) is 0.864. The molecule has 2 aromatic rings. The average molecular weight is 303 g/mol. The Morgan fingerprint density at radius 2 is 1.95 bits per heavy atom. The Hall–Kier alpha value is -2.14. The maximum atomic E-state index is 12.3. The van der Waals surface area contributed by atoms with E-state index in [-0.39, 0.29) is 5.91 Å². The molecule has 1 amide bonds. The lowest BCUT2D eigenvalue weighted by Crippen LogP contribution is -2.39. The fourth-order valence-electron chi connectivity index (χ4n) is 1.92. The Bertz CT molecular complexity index is 621. The smallest absolute Gasteiger partial charge is 0.328 e. The molecule has 0 saturated carbocycles. The maximum Gasteiger partial charge on any atom is 0.328 e. The van der Waals surface area contributed by atoms with Crippen molar-refractivity contribution in [3.63, 3.8) is 0 Å². The Morgan fingerprint density at radius 1 is 1.24 bits per heavy atom. The number of thiophene rings is 1. The van der Waals surface area contributed by atoms with Crippen molar-refractivity contribution in [2.24, 2.45) is 0 Å². The van der Waals surface area contributed by atoms with Crippen LogP contribution in [0.5, 0.6) is 0 Å². The van der Waals surface area contributed by atoms with Crippen molar-refractivity contribution in [1.29, 1.82) is 0 Å². The zero-order chi connectivity index (χ0) is 15.2. The van der Waals surface area contributed by atoms with Crippen LogP contribution in [-0.4, -0.2) is 24.5 Å². The van der Waals surface area contributed by atoms with Crippen LogP contribution >= 0.6 is 11.3 Å². The Kier molecular flexibility index (Phi) is 5.11. The molecule has 0 aliphatic heterocycles. The highest BCUT2D eigenvalue weighted by Crippen LogP contribution is 2.28. The normalized spacial score (nSPS) is 11.7. The van der Waals surface area contributed by atoms with E-state index in [0.717, 1.165) is 11.1 Å². The van der Waals surface area contributed by atoms with Gasteiger partial charge in [0, 0.05) is 5.56 Å². The van der Waals surface area contributed by atoms with Gasteiger partial charge in [0.15, 0.2) is 0 Å². The monoisotopic (exact) mass is 303 g/mol. The number of amides is 1. The van der Waals surface area contributed by atoms with E-state index >= 15 is 0 Å². The van der Waals surface area contributed by atoms with Crippen LogP contribution in [0.2, 0.25) is 0 Å². The van der Waals surface area contributed by atoms with Crippen LogP contribution in [0.4, 0.5) is 0 Å². The summed E-state index contributed by atoms with van der Waals surface area (Å²) in [5.74, 6) is -0.687. The van der Waals surface area contributed by atoms with Crippen molar-refractivity contribution >= 4 is 23.2 Å². The first-order valence-corrected chi connectivity index (χ1v) is 7.62. The lowest BCUT2D eigenvalue weighted by atomic mass is 10.1. The van der Waals surface area contributed by atoms with E-state index in [2.05, 4.69) is 5.32 Å². The first-order valence-electron chi connectivity index (χ1n) is 6.74. The Labute approximate surface area is 127 Å². The highest BCUT2D eigenvalue weighted by Gasteiger charge is 2.20. The Balaban J connectivity index is 2.14. The van der Waals surface area contributed by atoms with Gasteiger partial charge in [-0.15, -0.1) is 11.3 Å². The minimum absolute atomic E-state index is 0.260. The molecule has 0 aliphatic carbocycles. The summed E-state index contributed by atoms with van der Waals surface area (Å²) in [6, 6.07) is 10.9. The third-order valence-electron chi connectivity index (χ3n) is 2.94. The Morgan fingerprint density at radius 3 is 2.62 bits per heavy atom. The third-order valence-corrected chi connectivity index (χ3v) is 3.86. The highest BCUT2D eigenvalue weighted by atomic mass is 32.1. The SMILES string of the molecule is CCOC(=O)C(C)NC(=O)c1sccc1-c1ccccc1. The summed E-state index contributed by atoms with van der Waals surface area (Å²) in [7, 11) is 0. The molecule has 1 unspecified atom stereocenters. The van der Waals surface area contributed by atoms with Gasteiger partial charge in [-0.25, -0.2) is 4.79 Å². The van der Waals surface area contributed by atoms with Gasteiger partial charge in [-0.3, -0.25) is 4.79 Å². The predicted molar refractivity (Wildman–Crippen MR) is 83.3 cm³/mol. The number of ether oxygens (including phenoxy) is 1. The first kappa shape index (κ1) is 15.3. The second-order valence-electron chi connectivity index (χ2n) is 4.48. The maximum absolute atomic E-state index is 12.3. The molecule has 0 aliphatic rings. The van der Waals surface area contributed by atoms with Gasteiger partial charge in [-0.1, -0.05) is 30.3 Å². The van der Waals surface area contributed by atoms with E-state index in [1.165, 1.54) is 11.3 Å². The van der Waals surface area contributed by atoms with E-state index < -0.39 is 12.0 Å². The summed E-state index contributed by atoms with van der Waals surface area (Å²) in [5, 5.41) is 4.54. The molecular formula is C16H17NO3S. The molecule has 5 heteroatoms. The van der Waals surface area contributed by atoms with Gasteiger partial charge in [0.1, 0.15) is 6.04 Å². The molecule has 0 spiro atoms. The number of rotatable bonds is 5. The summed E-state index contributed by atoms with van der Waals surface area (Å²) in [6.07, 6.45) is 0. The largest absolute Gasteiger partial charge is 0.464 e. The van der Waals surface area contributed by atoms with Gasteiger partial charge in [0.2, 0.25) is 0 Å². The number of benzene rings is 1. The van der Waals surface area contributed by atoms with Crippen molar-refractivity contribution in [1.82, 2.24) is 5.32 Å². The molecule has 21 heavy (non-hydrogen) atoms. The van der Waals surface area contributed by atoms with E-state index in [1.807, 2.05) is 41.8 Å². The molecule has 2 rings (SSSR count). The molecule has 4 nitrogen and oxygen atoms in total. The van der Waals surface area contributed by atoms with Crippen LogP contribution in [0.25, 0.3) is 11.1 Å². The molecule has 1 heterocycles. The summed E-state index contributed by atoms with van der Waals surface area (Å²) in [6.45, 7) is 3.65. The zero-order valence-corrected chi connectivity index (χ0v) is 12.8. The highest BCUT2D eigenvalue weighted by molar-refractivity contribution is 7.12. The number of hydrogen-bond donors (Lipinski definition) is 1. The standard InChI is InChI=1S/C16H17NO3S/c1-3-20-16(19)11(2)17-15(18)14-13(9-10-21-14)12-7-5-4-6-8-12/h4-11H,3H2,1-2H3,(H,17,18). The van der Waals surface area contributed by atoms with Crippen LogP contribution in [0.1, 0.15) is 23.5 Å². The van der Waals surface area contributed by atoms with Crippen molar-refractivity contribution < 1.29 is 14.3 Å². The fourth-order valence-corrected chi connectivity index (χ4v) is 2.74. The van der Waals surface area contributed by atoms with Gasteiger partial charge in [0.25, 0.3) is 5.91 Å². The molecule has 0 fully saturated rings. The van der Waals surface area contributed by atoms with E-state index in [9.17, 15) is 9.59 Å². The van der Waals surface area contributed by atoms with Crippen LogP contribution in [0.3, 0.4) is 0 Å². The van der Waals surface area contributed by atoms with Crippen LogP contribution in [0, 0.1) is 0 Å².